The van der Waals surface area contributed by atoms with Crippen LogP contribution in [0.2, 0.25) is 5.02 Å². The third-order valence-corrected chi connectivity index (χ3v) is 3.05. The van der Waals surface area contributed by atoms with Crippen LogP contribution in [0.15, 0.2) is 24.3 Å². The number of nitrogens with one attached hydrogen (secondary N) is 2. The number of anilines is 3. The van der Waals surface area contributed by atoms with Gasteiger partial charge in [-0.2, -0.15) is 9.97 Å². The van der Waals surface area contributed by atoms with Crippen molar-refractivity contribution < 1.29 is 4.39 Å². The Morgan fingerprint density at radius 1 is 1.19 bits per heavy atom. The fourth-order valence-electron chi connectivity index (χ4n) is 1.74. The maximum atomic E-state index is 13.1. The van der Waals surface area contributed by atoms with E-state index in [4.69, 9.17) is 17.3 Å². The van der Waals surface area contributed by atoms with Crippen LogP contribution >= 0.6 is 11.6 Å². The van der Waals surface area contributed by atoms with Gasteiger partial charge in [0, 0.05) is 19.2 Å². The second-order valence-electron chi connectivity index (χ2n) is 4.53. The highest BCUT2D eigenvalue weighted by atomic mass is 35.5. The SMILES string of the molecule is CCCNc1cc(NCc2ccc(F)c(Cl)c2)nc(N)n1. The van der Waals surface area contributed by atoms with Crippen molar-refractivity contribution in [2.45, 2.75) is 19.9 Å². The average Bonchev–Trinajstić information content (AvgIpc) is 2.46. The van der Waals surface area contributed by atoms with Crippen molar-refractivity contribution in [2.24, 2.45) is 0 Å². The smallest absolute Gasteiger partial charge is 0.223 e. The molecule has 0 atom stereocenters. The maximum Gasteiger partial charge on any atom is 0.223 e. The molecule has 0 saturated carbocycles. The summed E-state index contributed by atoms with van der Waals surface area (Å²) in [6.07, 6.45) is 0.987. The molecule has 4 N–H and O–H groups in total. The zero-order valence-electron chi connectivity index (χ0n) is 11.7. The Morgan fingerprint density at radius 3 is 2.57 bits per heavy atom. The minimum Gasteiger partial charge on any atom is -0.370 e. The van der Waals surface area contributed by atoms with E-state index in [0.29, 0.717) is 18.2 Å². The molecule has 1 aromatic heterocycles. The van der Waals surface area contributed by atoms with Gasteiger partial charge in [0.1, 0.15) is 17.5 Å². The first-order valence-corrected chi connectivity index (χ1v) is 7.02. The summed E-state index contributed by atoms with van der Waals surface area (Å²) >= 11 is 5.74. The van der Waals surface area contributed by atoms with Crippen LogP contribution in [0.3, 0.4) is 0 Å². The lowest BCUT2D eigenvalue weighted by atomic mass is 10.2. The third-order valence-electron chi connectivity index (χ3n) is 2.76. The van der Waals surface area contributed by atoms with Gasteiger partial charge in [-0.1, -0.05) is 24.6 Å². The van der Waals surface area contributed by atoms with Crippen LogP contribution < -0.4 is 16.4 Å². The van der Waals surface area contributed by atoms with Crippen LogP contribution in [-0.4, -0.2) is 16.5 Å². The van der Waals surface area contributed by atoms with E-state index in [0.717, 1.165) is 18.5 Å². The fourth-order valence-corrected chi connectivity index (χ4v) is 1.95. The first-order valence-electron chi connectivity index (χ1n) is 6.64. The number of halogens is 2. The Balaban J connectivity index is 2.05. The summed E-state index contributed by atoms with van der Waals surface area (Å²) in [6, 6.07) is 6.35. The Labute approximate surface area is 127 Å². The van der Waals surface area contributed by atoms with Crippen molar-refractivity contribution in [3.63, 3.8) is 0 Å². The van der Waals surface area contributed by atoms with Gasteiger partial charge in [0.2, 0.25) is 5.95 Å². The van der Waals surface area contributed by atoms with E-state index >= 15 is 0 Å². The molecule has 0 bridgehead atoms. The third kappa shape index (κ3) is 4.46. The summed E-state index contributed by atoms with van der Waals surface area (Å²) in [4.78, 5) is 8.20. The first-order chi connectivity index (χ1) is 10.1. The van der Waals surface area contributed by atoms with E-state index in [9.17, 15) is 4.39 Å². The Bertz CT molecular complexity index is 620. The summed E-state index contributed by atoms with van der Waals surface area (Å²) in [5, 5.41) is 6.36. The first kappa shape index (κ1) is 15.3. The van der Waals surface area contributed by atoms with Gasteiger partial charge >= 0.3 is 0 Å². The van der Waals surface area contributed by atoms with Gasteiger partial charge in [-0.15, -0.1) is 0 Å². The second kappa shape index (κ2) is 7.08. The second-order valence-corrected chi connectivity index (χ2v) is 4.93. The van der Waals surface area contributed by atoms with Crippen LogP contribution in [0.5, 0.6) is 0 Å². The highest BCUT2D eigenvalue weighted by Gasteiger charge is 2.04. The van der Waals surface area contributed by atoms with Crippen molar-refractivity contribution in [3.05, 3.63) is 40.7 Å². The van der Waals surface area contributed by atoms with Crippen molar-refractivity contribution in [1.29, 1.82) is 0 Å². The average molecular weight is 310 g/mol. The summed E-state index contributed by atoms with van der Waals surface area (Å²) in [5.74, 6) is 1.03. The summed E-state index contributed by atoms with van der Waals surface area (Å²) in [6.45, 7) is 3.34. The Morgan fingerprint density at radius 2 is 1.90 bits per heavy atom. The van der Waals surface area contributed by atoms with Gasteiger partial charge in [0.05, 0.1) is 5.02 Å². The Hall–Kier alpha value is -2.08. The van der Waals surface area contributed by atoms with E-state index in [1.165, 1.54) is 6.07 Å². The number of benzene rings is 1. The highest BCUT2D eigenvalue weighted by Crippen LogP contribution is 2.18. The normalized spacial score (nSPS) is 10.4. The van der Waals surface area contributed by atoms with Crippen LogP contribution in [0, 0.1) is 5.82 Å². The molecule has 0 saturated heterocycles. The molecule has 0 radical (unpaired) electrons. The van der Waals surface area contributed by atoms with Crippen LogP contribution in [0.4, 0.5) is 22.0 Å². The molecule has 2 aromatic rings. The number of nitrogen functional groups attached to an aromatic ring is 1. The molecule has 0 amide bonds. The zero-order chi connectivity index (χ0) is 15.2. The maximum absolute atomic E-state index is 13.1. The van der Waals surface area contributed by atoms with Crippen LogP contribution in [-0.2, 0) is 6.54 Å². The number of nitrogens with zero attached hydrogens (tertiary/aromatic N) is 2. The number of aromatic nitrogens is 2. The van der Waals surface area contributed by atoms with Gasteiger partial charge in [-0.3, -0.25) is 0 Å². The van der Waals surface area contributed by atoms with Gasteiger partial charge in [0.25, 0.3) is 0 Å². The summed E-state index contributed by atoms with van der Waals surface area (Å²) in [7, 11) is 0. The van der Waals surface area contributed by atoms with E-state index < -0.39 is 5.82 Å². The van der Waals surface area contributed by atoms with E-state index in [1.54, 1.807) is 18.2 Å². The molecular weight excluding hydrogens is 293 g/mol. The Kier molecular flexibility index (Phi) is 5.16. The van der Waals surface area contributed by atoms with E-state index in [1.807, 2.05) is 0 Å². The molecule has 21 heavy (non-hydrogen) atoms. The fraction of sp³-hybridized carbons (Fsp3) is 0.286. The molecular formula is C14H17ClFN5. The predicted octanol–water partition coefficient (Wildman–Crippen LogP) is 3.29. The summed E-state index contributed by atoms with van der Waals surface area (Å²) in [5.41, 5.74) is 6.52. The molecule has 0 aliphatic rings. The molecule has 1 aromatic carbocycles. The number of rotatable bonds is 6. The number of hydrogen-bond donors (Lipinski definition) is 3. The minimum absolute atomic E-state index is 0.0989. The van der Waals surface area contributed by atoms with Crippen LogP contribution in [0.1, 0.15) is 18.9 Å². The van der Waals surface area contributed by atoms with Crippen molar-refractivity contribution in [2.75, 3.05) is 22.9 Å². The molecule has 0 spiro atoms. The van der Waals surface area contributed by atoms with E-state index in [2.05, 4.69) is 27.5 Å². The lowest BCUT2D eigenvalue weighted by Gasteiger charge is -2.10. The molecule has 1 heterocycles. The zero-order valence-corrected chi connectivity index (χ0v) is 12.4. The molecule has 2 rings (SSSR count). The molecule has 0 unspecified atom stereocenters. The van der Waals surface area contributed by atoms with Gasteiger partial charge in [-0.25, -0.2) is 4.39 Å². The molecule has 7 heteroatoms. The topological polar surface area (TPSA) is 75.9 Å². The predicted molar refractivity (Wildman–Crippen MR) is 84.0 cm³/mol. The highest BCUT2D eigenvalue weighted by molar-refractivity contribution is 6.30. The molecule has 112 valence electrons. The largest absolute Gasteiger partial charge is 0.370 e. The molecule has 0 aliphatic heterocycles. The van der Waals surface area contributed by atoms with Crippen molar-refractivity contribution in [1.82, 2.24) is 9.97 Å². The van der Waals surface area contributed by atoms with Gasteiger partial charge in [-0.05, 0) is 24.1 Å². The van der Waals surface area contributed by atoms with E-state index in [-0.39, 0.29) is 11.0 Å². The minimum atomic E-state index is -0.433. The summed E-state index contributed by atoms with van der Waals surface area (Å²) < 4.78 is 13.1. The van der Waals surface area contributed by atoms with Crippen molar-refractivity contribution in [3.8, 4) is 0 Å². The standard InChI is InChI=1S/C14H17ClFN5/c1-2-5-18-12-7-13(21-14(17)20-12)19-8-9-3-4-11(16)10(15)6-9/h3-4,6-7H,2,5,8H2,1H3,(H4,17,18,19,20,21). The van der Waals surface area contributed by atoms with Crippen molar-refractivity contribution >= 4 is 29.2 Å². The van der Waals surface area contributed by atoms with Crippen LogP contribution in [0.25, 0.3) is 0 Å². The molecule has 0 fully saturated rings. The molecule has 0 aliphatic carbocycles. The number of nitrogens with two attached hydrogens (primary N) is 1. The lowest BCUT2D eigenvalue weighted by Crippen LogP contribution is -2.08. The monoisotopic (exact) mass is 309 g/mol. The lowest BCUT2D eigenvalue weighted by molar-refractivity contribution is 0.627. The number of hydrogen-bond acceptors (Lipinski definition) is 5. The molecule has 5 nitrogen and oxygen atoms in total. The van der Waals surface area contributed by atoms with Gasteiger partial charge in [0.15, 0.2) is 0 Å². The quantitative estimate of drug-likeness (QED) is 0.763. The van der Waals surface area contributed by atoms with Gasteiger partial charge < -0.3 is 16.4 Å².